The van der Waals surface area contributed by atoms with Gasteiger partial charge in [-0.15, -0.1) is 0 Å². The predicted octanol–water partition coefficient (Wildman–Crippen LogP) is 2.51. The zero-order valence-corrected chi connectivity index (χ0v) is 14.2. The summed E-state index contributed by atoms with van der Waals surface area (Å²) in [5, 5.41) is 16.9. The van der Waals surface area contributed by atoms with Crippen molar-refractivity contribution in [3.63, 3.8) is 0 Å². The third-order valence-corrected chi connectivity index (χ3v) is 5.43. The molecule has 6 heteroatoms. The van der Waals surface area contributed by atoms with E-state index in [0.29, 0.717) is 16.2 Å². The number of aliphatic hydroxyl groups is 1. The molecular weight excluding hydrogens is 318 g/mol. The molecule has 0 spiro atoms. The monoisotopic (exact) mass is 337 g/mol. The Bertz CT molecular complexity index is 666. The standard InChI is InChI=1S/C16H19NO3S2/c1-3-22(20)14-7-5-4-6-13(14)15(18)17-11-16(2,19)12-8-9-21-10-12/h4-10,19H,3,11H2,1-2H3,(H,17,18). The number of amides is 1. The highest BCUT2D eigenvalue weighted by Crippen LogP contribution is 2.22. The van der Waals surface area contributed by atoms with Crippen LogP contribution in [0, 0.1) is 0 Å². The molecule has 2 N–H and O–H groups in total. The van der Waals surface area contributed by atoms with Crippen molar-refractivity contribution in [2.45, 2.75) is 24.3 Å². The fourth-order valence-electron chi connectivity index (χ4n) is 2.03. The molecule has 118 valence electrons. The first-order chi connectivity index (χ1) is 10.5. The van der Waals surface area contributed by atoms with E-state index in [4.69, 9.17) is 0 Å². The molecule has 0 fully saturated rings. The van der Waals surface area contributed by atoms with Gasteiger partial charge in [0.1, 0.15) is 5.60 Å². The molecule has 0 radical (unpaired) electrons. The molecule has 0 aliphatic heterocycles. The van der Waals surface area contributed by atoms with Gasteiger partial charge in [-0.2, -0.15) is 11.3 Å². The molecule has 2 aromatic rings. The highest BCUT2D eigenvalue weighted by Gasteiger charge is 2.25. The minimum Gasteiger partial charge on any atom is -0.384 e. The number of rotatable bonds is 6. The van der Waals surface area contributed by atoms with Gasteiger partial charge in [0, 0.05) is 5.75 Å². The van der Waals surface area contributed by atoms with Crippen LogP contribution in [0.3, 0.4) is 0 Å². The van der Waals surface area contributed by atoms with E-state index in [1.807, 2.05) is 23.8 Å². The van der Waals surface area contributed by atoms with Crippen molar-refractivity contribution in [1.29, 1.82) is 0 Å². The molecule has 0 bridgehead atoms. The van der Waals surface area contributed by atoms with Crippen LogP contribution in [0.4, 0.5) is 0 Å². The summed E-state index contributed by atoms with van der Waals surface area (Å²) in [6.07, 6.45) is 0. The molecule has 1 amide bonds. The lowest BCUT2D eigenvalue weighted by molar-refractivity contribution is 0.0529. The van der Waals surface area contributed by atoms with Gasteiger partial charge >= 0.3 is 0 Å². The van der Waals surface area contributed by atoms with Gasteiger partial charge in [0.05, 0.1) is 27.8 Å². The van der Waals surface area contributed by atoms with E-state index < -0.39 is 16.4 Å². The Kier molecular flexibility index (Phi) is 5.50. The second-order valence-electron chi connectivity index (χ2n) is 5.10. The molecule has 0 saturated carbocycles. The van der Waals surface area contributed by atoms with Crippen LogP contribution in [0.2, 0.25) is 0 Å². The number of thiophene rings is 1. The van der Waals surface area contributed by atoms with Gasteiger partial charge in [-0.25, -0.2) is 0 Å². The van der Waals surface area contributed by atoms with E-state index in [1.165, 1.54) is 11.3 Å². The molecule has 0 aliphatic rings. The number of hydrogen-bond donors (Lipinski definition) is 2. The largest absolute Gasteiger partial charge is 0.384 e. The van der Waals surface area contributed by atoms with Crippen molar-refractivity contribution in [3.8, 4) is 0 Å². The topological polar surface area (TPSA) is 66.4 Å². The van der Waals surface area contributed by atoms with Gasteiger partial charge in [0.2, 0.25) is 0 Å². The Labute approximate surface area is 136 Å². The lowest BCUT2D eigenvalue weighted by Crippen LogP contribution is -2.38. The molecule has 1 aromatic heterocycles. The van der Waals surface area contributed by atoms with Crippen LogP contribution in [0.5, 0.6) is 0 Å². The van der Waals surface area contributed by atoms with Crippen LogP contribution in [-0.2, 0) is 16.4 Å². The van der Waals surface area contributed by atoms with Crippen LogP contribution in [0.25, 0.3) is 0 Å². The van der Waals surface area contributed by atoms with Crippen LogP contribution in [0.1, 0.15) is 29.8 Å². The number of hydrogen-bond acceptors (Lipinski definition) is 4. The first kappa shape index (κ1) is 16.9. The Morgan fingerprint density at radius 1 is 1.36 bits per heavy atom. The summed E-state index contributed by atoms with van der Waals surface area (Å²) in [6.45, 7) is 3.56. The number of carbonyl (C=O) groups excluding carboxylic acids is 1. The SMILES string of the molecule is CCS(=O)c1ccccc1C(=O)NCC(C)(O)c1ccsc1. The minimum absolute atomic E-state index is 0.0929. The Morgan fingerprint density at radius 3 is 2.73 bits per heavy atom. The van der Waals surface area contributed by atoms with Crippen molar-refractivity contribution < 1.29 is 14.1 Å². The quantitative estimate of drug-likeness (QED) is 0.851. The zero-order chi connectivity index (χ0) is 16.2. The van der Waals surface area contributed by atoms with E-state index in [-0.39, 0.29) is 12.5 Å². The average Bonchev–Trinajstić information content (AvgIpc) is 3.07. The van der Waals surface area contributed by atoms with Gasteiger partial charge in [-0.05, 0) is 41.4 Å². The first-order valence-corrected chi connectivity index (χ1v) is 9.22. The fourth-order valence-corrected chi connectivity index (χ4v) is 3.76. The second kappa shape index (κ2) is 7.17. The first-order valence-electron chi connectivity index (χ1n) is 6.96. The fraction of sp³-hybridized carbons (Fsp3) is 0.312. The Hall–Kier alpha value is -1.50. The highest BCUT2D eigenvalue weighted by molar-refractivity contribution is 7.85. The average molecular weight is 337 g/mol. The van der Waals surface area contributed by atoms with Gasteiger partial charge in [-0.1, -0.05) is 19.1 Å². The smallest absolute Gasteiger partial charge is 0.252 e. The summed E-state index contributed by atoms with van der Waals surface area (Å²) in [7, 11) is -1.20. The molecule has 2 unspecified atom stereocenters. The van der Waals surface area contributed by atoms with Gasteiger partial charge in [-0.3, -0.25) is 9.00 Å². The van der Waals surface area contributed by atoms with Gasteiger partial charge < -0.3 is 10.4 Å². The molecule has 2 rings (SSSR count). The van der Waals surface area contributed by atoms with Crippen molar-refractivity contribution in [2.24, 2.45) is 0 Å². The van der Waals surface area contributed by atoms with Gasteiger partial charge in [0.25, 0.3) is 5.91 Å². The van der Waals surface area contributed by atoms with Crippen LogP contribution >= 0.6 is 11.3 Å². The van der Waals surface area contributed by atoms with Crippen molar-refractivity contribution in [2.75, 3.05) is 12.3 Å². The van der Waals surface area contributed by atoms with Crippen LogP contribution < -0.4 is 5.32 Å². The minimum atomic E-state index is -1.20. The molecule has 0 saturated heterocycles. The summed E-state index contributed by atoms with van der Waals surface area (Å²) in [5.41, 5.74) is 0.0288. The third-order valence-electron chi connectivity index (χ3n) is 3.38. The highest BCUT2D eigenvalue weighted by atomic mass is 32.2. The predicted molar refractivity (Wildman–Crippen MR) is 89.6 cm³/mol. The number of benzene rings is 1. The second-order valence-corrected chi connectivity index (χ2v) is 7.59. The number of nitrogens with one attached hydrogen (secondary N) is 1. The summed E-state index contributed by atoms with van der Waals surface area (Å²) >= 11 is 1.49. The molecule has 22 heavy (non-hydrogen) atoms. The molecule has 1 aromatic carbocycles. The molecular formula is C16H19NO3S2. The molecule has 2 atom stereocenters. The summed E-state index contributed by atoms with van der Waals surface area (Å²) in [5.74, 6) is 0.129. The van der Waals surface area contributed by atoms with E-state index in [2.05, 4.69) is 5.32 Å². The van der Waals surface area contributed by atoms with E-state index in [0.717, 1.165) is 5.56 Å². The van der Waals surface area contributed by atoms with E-state index in [9.17, 15) is 14.1 Å². The maximum Gasteiger partial charge on any atom is 0.252 e. The van der Waals surface area contributed by atoms with E-state index in [1.54, 1.807) is 31.2 Å². The molecule has 1 heterocycles. The lowest BCUT2D eigenvalue weighted by atomic mass is 9.99. The summed E-state index contributed by atoms with van der Waals surface area (Å²) in [4.78, 5) is 12.9. The zero-order valence-electron chi connectivity index (χ0n) is 12.5. The van der Waals surface area contributed by atoms with Crippen LogP contribution in [0.15, 0.2) is 46.0 Å². The normalized spacial score (nSPS) is 15.0. The van der Waals surface area contributed by atoms with Crippen molar-refractivity contribution in [3.05, 3.63) is 52.2 Å². The van der Waals surface area contributed by atoms with Crippen molar-refractivity contribution in [1.82, 2.24) is 5.32 Å². The molecule has 4 nitrogen and oxygen atoms in total. The Morgan fingerprint density at radius 2 is 2.09 bits per heavy atom. The van der Waals surface area contributed by atoms with E-state index >= 15 is 0 Å². The third kappa shape index (κ3) is 3.82. The molecule has 0 aliphatic carbocycles. The summed E-state index contributed by atoms with van der Waals surface area (Å²) in [6, 6.07) is 8.68. The maximum atomic E-state index is 12.3. The van der Waals surface area contributed by atoms with Gasteiger partial charge in [0.15, 0.2) is 0 Å². The summed E-state index contributed by atoms with van der Waals surface area (Å²) < 4.78 is 12.0. The van der Waals surface area contributed by atoms with Crippen LogP contribution in [-0.4, -0.2) is 27.5 Å². The Balaban J connectivity index is 2.12. The van der Waals surface area contributed by atoms with Crippen molar-refractivity contribution >= 4 is 28.0 Å². The number of carbonyl (C=O) groups is 1. The maximum absolute atomic E-state index is 12.3. The lowest BCUT2D eigenvalue weighted by Gasteiger charge is -2.23.